The maximum absolute atomic E-state index is 12.4. The number of Topliss-reactive ketones (excluding diaryl/α,β-unsaturated/α-hetero) is 1. The van der Waals surface area contributed by atoms with Crippen LogP contribution in [0.1, 0.15) is 43.6 Å². The number of nitriles is 1. The highest BCUT2D eigenvalue weighted by atomic mass is 16.1. The Bertz CT molecular complexity index is 472. The summed E-state index contributed by atoms with van der Waals surface area (Å²) >= 11 is 0. The molecule has 1 saturated carbocycles. The summed E-state index contributed by atoms with van der Waals surface area (Å²) in [7, 11) is 2.09. The van der Waals surface area contributed by atoms with Crippen LogP contribution in [0.5, 0.6) is 0 Å². The number of quaternary nitrogens is 1. The highest BCUT2D eigenvalue weighted by Gasteiger charge is 2.27. The second-order valence-corrected chi connectivity index (χ2v) is 5.80. The molecule has 0 amide bonds. The van der Waals surface area contributed by atoms with Crippen LogP contribution < -0.4 is 4.90 Å². The van der Waals surface area contributed by atoms with Gasteiger partial charge in [-0.15, -0.1) is 0 Å². The van der Waals surface area contributed by atoms with Crippen molar-refractivity contribution in [3.05, 3.63) is 35.9 Å². The normalized spacial score (nSPS) is 19.0. The first-order chi connectivity index (χ1) is 9.72. The summed E-state index contributed by atoms with van der Waals surface area (Å²) < 4.78 is 0. The summed E-state index contributed by atoms with van der Waals surface area (Å²) in [5, 5.41) is 9.29. The number of hydrogen-bond donors (Lipinski definition) is 1. The van der Waals surface area contributed by atoms with Gasteiger partial charge in [0.05, 0.1) is 19.2 Å². The number of likely N-dealkylation sites (N-methyl/N-ethyl adjacent to an activating group) is 1. The maximum Gasteiger partial charge on any atom is 0.208 e. The summed E-state index contributed by atoms with van der Waals surface area (Å²) in [5.41, 5.74) is 0.816. The van der Waals surface area contributed by atoms with Crippen LogP contribution in [0.3, 0.4) is 0 Å². The molecule has 3 nitrogen and oxygen atoms in total. The topological polar surface area (TPSA) is 45.3 Å². The predicted molar refractivity (Wildman–Crippen MR) is 78.4 cm³/mol. The molecule has 1 aromatic rings. The van der Waals surface area contributed by atoms with E-state index in [0.717, 1.165) is 5.56 Å². The zero-order valence-electron chi connectivity index (χ0n) is 12.1. The van der Waals surface area contributed by atoms with Gasteiger partial charge in [-0.25, -0.2) is 0 Å². The van der Waals surface area contributed by atoms with E-state index < -0.39 is 5.92 Å². The maximum atomic E-state index is 12.4. The number of benzene rings is 1. The Balaban J connectivity index is 1.97. The minimum atomic E-state index is -0.616. The molecule has 20 heavy (non-hydrogen) atoms. The lowest BCUT2D eigenvalue weighted by molar-refractivity contribution is -0.899. The molecule has 0 spiro atoms. The lowest BCUT2D eigenvalue weighted by atomic mass is 9.92. The molecule has 1 aromatic carbocycles. The Morgan fingerprint density at radius 3 is 2.55 bits per heavy atom. The smallest absolute Gasteiger partial charge is 0.208 e. The molecule has 1 unspecified atom stereocenters. The lowest BCUT2D eigenvalue weighted by Gasteiger charge is -2.28. The molecule has 0 radical (unpaired) electrons. The van der Waals surface area contributed by atoms with Crippen molar-refractivity contribution in [2.24, 2.45) is 0 Å². The highest BCUT2D eigenvalue weighted by Crippen LogP contribution is 2.17. The van der Waals surface area contributed by atoms with Crippen molar-refractivity contribution in [1.82, 2.24) is 0 Å². The first kappa shape index (κ1) is 14.7. The van der Waals surface area contributed by atoms with Crippen LogP contribution in [0.4, 0.5) is 0 Å². The van der Waals surface area contributed by atoms with Gasteiger partial charge in [-0.3, -0.25) is 4.79 Å². The molecular weight excluding hydrogens is 248 g/mol. The molecule has 2 atom stereocenters. The van der Waals surface area contributed by atoms with Crippen LogP contribution in [0, 0.1) is 11.3 Å². The van der Waals surface area contributed by atoms with E-state index in [1.807, 2.05) is 30.3 Å². The number of rotatable bonds is 5. The van der Waals surface area contributed by atoms with E-state index in [-0.39, 0.29) is 5.78 Å². The zero-order valence-corrected chi connectivity index (χ0v) is 12.1. The van der Waals surface area contributed by atoms with E-state index in [2.05, 4.69) is 13.1 Å². The van der Waals surface area contributed by atoms with E-state index in [9.17, 15) is 10.1 Å². The van der Waals surface area contributed by atoms with Crippen molar-refractivity contribution < 1.29 is 9.69 Å². The Labute approximate surface area is 121 Å². The van der Waals surface area contributed by atoms with Gasteiger partial charge in [0, 0.05) is 0 Å². The van der Waals surface area contributed by atoms with Crippen molar-refractivity contribution in [2.75, 3.05) is 13.6 Å². The third kappa shape index (κ3) is 3.68. The molecule has 0 aliphatic heterocycles. The van der Waals surface area contributed by atoms with Gasteiger partial charge in [-0.05, 0) is 31.2 Å². The van der Waals surface area contributed by atoms with Gasteiger partial charge < -0.3 is 4.90 Å². The van der Waals surface area contributed by atoms with E-state index in [4.69, 9.17) is 0 Å². The fraction of sp³-hybridized carbons (Fsp3) is 0.529. The van der Waals surface area contributed by atoms with Crippen LogP contribution in [0.15, 0.2) is 30.3 Å². The van der Waals surface area contributed by atoms with Gasteiger partial charge in [0.15, 0.2) is 0 Å². The summed E-state index contributed by atoms with van der Waals surface area (Å²) in [6.07, 6.45) is 6.29. The Kier molecular flexibility index (Phi) is 5.31. The van der Waals surface area contributed by atoms with Crippen LogP contribution >= 0.6 is 0 Å². The Morgan fingerprint density at radius 2 is 1.95 bits per heavy atom. The van der Waals surface area contributed by atoms with Crippen LogP contribution in [0.25, 0.3) is 0 Å². The Hall–Kier alpha value is -1.66. The molecule has 3 heteroatoms. The van der Waals surface area contributed by atoms with Gasteiger partial charge in [-0.2, -0.15) is 5.26 Å². The first-order valence-corrected chi connectivity index (χ1v) is 7.52. The quantitative estimate of drug-likeness (QED) is 0.886. The third-order valence-electron chi connectivity index (χ3n) is 4.34. The van der Waals surface area contributed by atoms with Crippen LogP contribution in [0.2, 0.25) is 0 Å². The average molecular weight is 271 g/mol. The molecular formula is C17H23N2O+. The van der Waals surface area contributed by atoms with Gasteiger partial charge in [-0.1, -0.05) is 36.8 Å². The molecule has 106 valence electrons. The fourth-order valence-electron chi connectivity index (χ4n) is 3.09. The monoisotopic (exact) mass is 271 g/mol. The van der Waals surface area contributed by atoms with E-state index in [1.54, 1.807) is 0 Å². The Morgan fingerprint density at radius 1 is 1.30 bits per heavy atom. The molecule has 1 aliphatic carbocycles. The molecule has 1 aliphatic rings. The van der Waals surface area contributed by atoms with Crippen molar-refractivity contribution in [3.8, 4) is 6.07 Å². The lowest BCUT2D eigenvalue weighted by Crippen LogP contribution is -3.14. The van der Waals surface area contributed by atoms with Crippen molar-refractivity contribution in [2.45, 2.75) is 44.1 Å². The van der Waals surface area contributed by atoms with Gasteiger partial charge >= 0.3 is 0 Å². The number of nitrogens with zero attached hydrogens (tertiary/aromatic N) is 1. The predicted octanol–water partition coefficient (Wildman–Crippen LogP) is 1.71. The zero-order chi connectivity index (χ0) is 14.4. The van der Waals surface area contributed by atoms with Crippen molar-refractivity contribution in [1.29, 1.82) is 5.26 Å². The van der Waals surface area contributed by atoms with Gasteiger partial charge in [0.2, 0.25) is 5.78 Å². The summed E-state index contributed by atoms with van der Waals surface area (Å²) in [4.78, 5) is 13.7. The molecule has 1 fully saturated rings. The second kappa shape index (κ2) is 7.21. The fourth-order valence-corrected chi connectivity index (χ4v) is 3.09. The van der Waals surface area contributed by atoms with E-state index in [1.165, 1.54) is 37.0 Å². The van der Waals surface area contributed by atoms with Crippen LogP contribution in [-0.2, 0) is 4.79 Å². The number of carbonyl (C=O) groups is 1. The molecule has 1 N–H and O–H groups in total. The number of carbonyl (C=O) groups excluding carboxylic acids is 1. The second-order valence-electron chi connectivity index (χ2n) is 5.80. The minimum Gasteiger partial charge on any atom is -0.329 e. The molecule has 0 aromatic heterocycles. The van der Waals surface area contributed by atoms with Crippen molar-refractivity contribution >= 4 is 5.78 Å². The number of hydrogen-bond acceptors (Lipinski definition) is 2. The summed E-state index contributed by atoms with van der Waals surface area (Å²) in [6, 6.07) is 12.1. The number of nitrogens with one attached hydrogen (secondary N) is 1. The summed E-state index contributed by atoms with van der Waals surface area (Å²) in [5.74, 6) is -0.573. The number of ketones is 1. The van der Waals surface area contributed by atoms with E-state index >= 15 is 0 Å². The summed E-state index contributed by atoms with van der Waals surface area (Å²) in [6.45, 7) is 0.456. The molecule has 0 heterocycles. The first-order valence-electron chi connectivity index (χ1n) is 7.52. The minimum absolute atomic E-state index is 0.0433. The molecule has 2 rings (SSSR count). The standard InChI is InChI=1S/C17H22N2O/c1-19(15-10-6-3-7-11-15)13-17(20)16(12-18)14-8-4-2-5-9-14/h2,4-5,8-9,15-16H,3,6-7,10-11,13H2,1H3/p+1/t16-/m0/s1. The van der Waals surface area contributed by atoms with Crippen LogP contribution in [-0.4, -0.2) is 25.4 Å². The van der Waals surface area contributed by atoms with Gasteiger partial charge in [0.25, 0.3) is 0 Å². The highest BCUT2D eigenvalue weighted by molar-refractivity contribution is 5.89. The SMILES string of the molecule is C[NH+](CC(=O)[C@@H](C#N)c1ccccc1)C1CCCCC1. The third-order valence-corrected chi connectivity index (χ3v) is 4.34. The largest absolute Gasteiger partial charge is 0.329 e. The molecule has 0 bridgehead atoms. The average Bonchev–Trinajstić information content (AvgIpc) is 2.50. The van der Waals surface area contributed by atoms with E-state index in [0.29, 0.717) is 12.6 Å². The van der Waals surface area contributed by atoms with Crippen molar-refractivity contribution in [3.63, 3.8) is 0 Å². The molecule has 0 saturated heterocycles. The van der Waals surface area contributed by atoms with Gasteiger partial charge in [0.1, 0.15) is 12.5 Å².